The highest BCUT2D eigenvalue weighted by Gasteiger charge is 2.33. The largest absolute Gasteiger partial charge is 0.297 e. The molecule has 0 saturated heterocycles. The zero-order valence-corrected chi connectivity index (χ0v) is 23.2. The van der Waals surface area contributed by atoms with E-state index in [1.54, 1.807) is 0 Å². The smallest absolute Gasteiger partial charge is 0.0958 e. The molecule has 2 aliphatic rings. The summed E-state index contributed by atoms with van der Waals surface area (Å²) in [5, 5.41) is 4.51. The highest BCUT2D eigenvalue weighted by molar-refractivity contribution is 5.69. The Balaban J connectivity index is 1.34. The molecule has 2 N–H and O–H groups in total. The normalized spacial score (nSPS) is 17.6. The van der Waals surface area contributed by atoms with Gasteiger partial charge < -0.3 is 0 Å². The minimum atomic E-state index is 0.0277. The minimum absolute atomic E-state index is 0.0277. The van der Waals surface area contributed by atoms with Gasteiger partial charge >= 0.3 is 0 Å². The van der Waals surface area contributed by atoms with E-state index in [1.807, 2.05) is 0 Å². The fraction of sp³-hybridized carbons (Fsp3) is 0.0526. The first kappa shape index (κ1) is 25.5. The van der Waals surface area contributed by atoms with Crippen LogP contribution in [-0.2, 0) is 0 Å². The Hall–Kier alpha value is -5.48. The van der Waals surface area contributed by atoms with Gasteiger partial charge in [0.1, 0.15) is 0 Å². The van der Waals surface area contributed by atoms with Crippen LogP contribution in [0.5, 0.6) is 0 Å². The SMILES string of the molecule is C1=C(C(=Cc2ccccc2)C2=CC(c3ccccc3)N(c3ccccc3)N2)NN(c2ccccc2)C1c1ccccc1. The first-order chi connectivity index (χ1) is 20.8. The van der Waals surface area contributed by atoms with Crippen molar-refractivity contribution >= 4 is 17.5 Å². The maximum absolute atomic E-state index is 3.79. The summed E-state index contributed by atoms with van der Waals surface area (Å²) in [5.74, 6) is 0. The molecule has 4 heteroatoms. The maximum Gasteiger partial charge on any atom is 0.0958 e. The fourth-order valence-corrected chi connectivity index (χ4v) is 5.67. The van der Waals surface area contributed by atoms with E-state index in [4.69, 9.17) is 0 Å². The lowest BCUT2D eigenvalue weighted by Crippen LogP contribution is -2.37. The van der Waals surface area contributed by atoms with Gasteiger partial charge in [0.15, 0.2) is 0 Å². The number of nitrogens with zero attached hydrogens (tertiary/aromatic N) is 2. The number of nitrogens with one attached hydrogen (secondary N) is 2. The number of benzene rings is 5. The van der Waals surface area contributed by atoms with E-state index in [9.17, 15) is 0 Å². The van der Waals surface area contributed by atoms with Crippen LogP contribution in [0, 0.1) is 0 Å². The van der Waals surface area contributed by atoms with Crippen LogP contribution >= 0.6 is 0 Å². The van der Waals surface area contributed by atoms with Crippen molar-refractivity contribution in [2.24, 2.45) is 0 Å². The molecule has 0 amide bonds. The predicted octanol–water partition coefficient (Wildman–Crippen LogP) is 8.37. The molecule has 0 radical (unpaired) electrons. The highest BCUT2D eigenvalue weighted by Crippen LogP contribution is 2.39. The third-order valence-electron chi connectivity index (χ3n) is 7.73. The molecule has 0 spiro atoms. The Morgan fingerprint density at radius 2 is 0.810 bits per heavy atom. The van der Waals surface area contributed by atoms with Crippen molar-refractivity contribution in [1.29, 1.82) is 0 Å². The van der Waals surface area contributed by atoms with Gasteiger partial charge in [-0.2, -0.15) is 0 Å². The molecule has 0 saturated carbocycles. The van der Waals surface area contributed by atoms with E-state index < -0.39 is 0 Å². The van der Waals surface area contributed by atoms with Crippen LogP contribution in [0.25, 0.3) is 6.08 Å². The van der Waals surface area contributed by atoms with Gasteiger partial charge in [-0.05, 0) is 59.2 Å². The minimum Gasteiger partial charge on any atom is -0.297 e. The topological polar surface area (TPSA) is 30.5 Å². The molecule has 0 aliphatic carbocycles. The molecule has 42 heavy (non-hydrogen) atoms. The summed E-state index contributed by atoms with van der Waals surface area (Å²) in [6, 6.07) is 53.0. The molecule has 7 rings (SSSR count). The Kier molecular flexibility index (Phi) is 7.01. The van der Waals surface area contributed by atoms with Crippen molar-refractivity contribution in [3.8, 4) is 0 Å². The molecule has 0 fully saturated rings. The molecular weight excluding hydrogens is 512 g/mol. The number of hydrazine groups is 2. The van der Waals surface area contributed by atoms with Crippen LogP contribution in [0.4, 0.5) is 11.4 Å². The Morgan fingerprint density at radius 3 is 1.21 bits per heavy atom. The van der Waals surface area contributed by atoms with Crippen molar-refractivity contribution in [2.75, 3.05) is 10.0 Å². The maximum atomic E-state index is 3.79. The van der Waals surface area contributed by atoms with Crippen molar-refractivity contribution < 1.29 is 0 Å². The van der Waals surface area contributed by atoms with Crippen molar-refractivity contribution in [2.45, 2.75) is 12.1 Å². The van der Waals surface area contributed by atoms with Crippen molar-refractivity contribution in [3.05, 3.63) is 197 Å². The average molecular weight is 545 g/mol. The van der Waals surface area contributed by atoms with Gasteiger partial charge in [-0.3, -0.25) is 20.9 Å². The van der Waals surface area contributed by atoms with Gasteiger partial charge in [-0.25, -0.2) is 0 Å². The van der Waals surface area contributed by atoms with E-state index in [0.717, 1.165) is 33.9 Å². The second-order valence-corrected chi connectivity index (χ2v) is 10.5. The van der Waals surface area contributed by atoms with Gasteiger partial charge in [0.25, 0.3) is 0 Å². The Bertz CT molecular complexity index is 1600. The molecule has 0 bridgehead atoms. The molecule has 2 atom stereocenters. The second-order valence-electron chi connectivity index (χ2n) is 10.5. The van der Waals surface area contributed by atoms with Gasteiger partial charge in [0.05, 0.1) is 34.9 Å². The lowest BCUT2D eigenvalue weighted by atomic mass is 10.00. The van der Waals surface area contributed by atoms with Crippen LogP contribution < -0.4 is 20.9 Å². The summed E-state index contributed by atoms with van der Waals surface area (Å²) in [7, 11) is 0. The quantitative estimate of drug-likeness (QED) is 0.215. The molecule has 2 heterocycles. The van der Waals surface area contributed by atoms with Gasteiger partial charge in [-0.15, -0.1) is 0 Å². The van der Waals surface area contributed by atoms with Crippen molar-refractivity contribution in [1.82, 2.24) is 10.9 Å². The fourth-order valence-electron chi connectivity index (χ4n) is 5.67. The van der Waals surface area contributed by atoms with Crippen LogP contribution in [0.1, 0.15) is 28.8 Å². The zero-order chi connectivity index (χ0) is 28.1. The van der Waals surface area contributed by atoms with Crippen LogP contribution in [0.3, 0.4) is 0 Å². The molecule has 2 unspecified atom stereocenters. The molecule has 4 nitrogen and oxygen atoms in total. The highest BCUT2D eigenvalue weighted by atomic mass is 15.6. The number of anilines is 2. The lowest BCUT2D eigenvalue weighted by Gasteiger charge is -2.29. The van der Waals surface area contributed by atoms with Crippen LogP contribution in [0.2, 0.25) is 0 Å². The summed E-state index contributed by atoms with van der Waals surface area (Å²) in [6.07, 6.45) is 6.94. The van der Waals surface area contributed by atoms with Gasteiger partial charge in [0.2, 0.25) is 0 Å². The first-order valence-corrected chi connectivity index (χ1v) is 14.4. The Morgan fingerprint density at radius 1 is 0.452 bits per heavy atom. The second kappa shape index (κ2) is 11.6. The third-order valence-corrected chi connectivity index (χ3v) is 7.73. The summed E-state index contributed by atoms with van der Waals surface area (Å²) in [5.41, 5.74) is 16.6. The number of hydrogen-bond donors (Lipinski definition) is 2. The van der Waals surface area contributed by atoms with E-state index in [2.05, 4.69) is 191 Å². The first-order valence-electron chi connectivity index (χ1n) is 14.4. The molecular formula is C38H32N4. The summed E-state index contributed by atoms with van der Waals surface area (Å²) in [6.45, 7) is 0. The molecule has 204 valence electrons. The molecule has 0 aromatic heterocycles. The predicted molar refractivity (Wildman–Crippen MR) is 173 cm³/mol. The van der Waals surface area contributed by atoms with Gasteiger partial charge in [-0.1, -0.05) is 127 Å². The standard InChI is InChI=1S/C38H32N4/c1-6-16-29(17-7-1)26-34(35-27-37(30-18-8-2-9-19-30)41(39-35)32-22-12-4-13-23-32)36-28-38(31-20-10-3-11-21-31)42(40-36)33-24-14-5-15-25-33/h1-28,37-40H. The third kappa shape index (κ3) is 5.18. The summed E-state index contributed by atoms with van der Waals surface area (Å²) >= 11 is 0. The average Bonchev–Trinajstić information content (AvgIpc) is 3.72. The number of rotatable bonds is 7. The summed E-state index contributed by atoms with van der Waals surface area (Å²) in [4.78, 5) is 0. The van der Waals surface area contributed by atoms with E-state index in [-0.39, 0.29) is 12.1 Å². The zero-order valence-electron chi connectivity index (χ0n) is 23.2. The van der Waals surface area contributed by atoms with Crippen LogP contribution in [0.15, 0.2) is 181 Å². The molecule has 5 aromatic carbocycles. The van der Waals surface area contributed by atoms with E-state index in [0.29, 0.717) is 0 Å². The van der Waals surface area contributed by atoms with Crippen molar-refractivity contribution in [3.63, 3.8) is 0 Å². The monoisotopic (exact) mass is 544 g/mol. The number of hydrogen-bond acceptors (Lipinski definition) is 4. The lowest BCUT2D eigenvalue weighted by molar-refractivity contribution is 0.696. The van der Waals surface area contributed by atoms with Crippen LogP contribution in [-0.4, -0.2) is 0 Å². The number of para-hydroxylation sites is 2. The molecule has 5 aromatic rings. The van der Waals surface area contributed by atoms with E-state index in [1.165, 1.54) is 11.1 Å². The van der Waals surface area contributed by atoms with Gasteiger partial charge in [0, 0.05) is 5.57 Å². The Labute approximate surface area is 247 Å². The molecule has 2 aliphatic heterocycles. The summed E-state index contributed by atoms with van der Waals surface area (Å²) < 4.78 is 0. The van der Waals surface area contributed by atoms with E-state index >= 15 is 0 Å².